The van der Waals surface area contributed by atoms with Crippen LogP contribution in [0.3, 0.4) is 0 Å². The van der Waals surface area contributed by atoms with Crippen molar-refractivity contribution < 1.29 is 22.7 Å². The number of pyridine rings is 1. The molecular weight excluding hydrogens is 585 g/mol. The second-order valence-corrected chi connectivity index (χ2v) is 10.3. The van der Waals surface area contributed by atoms with Crippen molar-refractivity contribution in [1.29, 1.82) is 0 Å². The summed E-state index contributed by atoms with van der Waals surface area (Å²) in [5.41, 5.74) is 2.14. The smallest absolute Gasteiger partial charge is 0.416 e. The largest absolute Gasteiger partial charge is 0.481 e. The molecular formula is C32H33F3N8O2. The van der Waals surface area contributed by atoms with Gasteiger partial charge in [-0.1, -0.05) is 26.0 Å². The van der Waals surface area contributed by atoms with Crippen LogP contribution in [0.15, 0.2) is 67.0 Å². The fourth-order valence-electron chi connectivity index (χ4n) is 4.75. The van der Waals surface area contributed by atoms with E-state index >= 15 is 0 Å². The second kappa shape index (κ2) is 13.3. The van der Waals surface area contributed by atoms with Gasteiger partial charge >= 0.3 is 6.18 Å². The third-order valence-corrected chi connectivity index (χ3v) is 7.42. The van der Waals surface area contributed by atoms with Crippen molar-refractivity contribution >= 4 is 34.1 Å². The summed E-state index contributed by atoms with van der Waals surface area (Å²) >= 11 is 0. The van der Waals surface area contributed by atoms with Gasteiger partial charge in [-0.3, -0.25) is 4.79 Å². The Bertz CT molecular complexity index is 1800. The van der Waals surface area contributed by atoms with E-state index in [2.05, 4.69) is 39.5 Å². The van der Waals surface area contributed by atoms with Crippen molar-refractivity contribution in [2.24, 2.45) is 0 Å². The average molecular weight is 619 g/mol. The molecule has 0 fully saturated rings. The highest BCUT2D eigenvalue weighted by Crippen LogP contribution is 2.32. The molecule has 0 aliphatic heterocycles. The molecule has 5 rings (SSSR count). The lowest BCUT2D eigenvalue weighted by atomic mass is 10.1. The van der Waals surface area contributed by atoms with Crippen LogP contribution in [0.2, 0.25) is 0 Å². The van der Waals surface area contributed by atoms with Crippen LogP contribution in [-0.2, 0) is 12.7 Å². The van der Waals surface area contributed by atoms with Gasteiger partial charge in [0.2, 0.25) is 5.88 Å². The molecule has 0 bridgehead atoms. The minimum atomic E-state index is -4.52. The number of aryl methyl sites for hydroxylation is 1. The highest BCUT2D eigenvalue weighted by atomic mass is 19.4. The fraction of sp³-hybridized carbons (Fsp3) is 0.281. The number of alkyl halides is 3. The number of fused-ring (bicyclic) bond motifs is 1. The van der Waals surface area contributed by atoms with Crippen LogP contribution in [0.5, 0.6) is 5.88 Å². The number of benzene rings is 2. The Morgan fingerprint density at radius 3 is 2.51 bits per heavy atom. The van der Waals surface area contributed by atoms with E-state index in [1.54, 1.807) is 36.7 Å². The summed E-state index contributed by atoms with van der Waals surface area (Å²) in [6.07, 6.45) is -1.19. The first kappa shape index (κ1) is 31.4. The molecule has 3 aromatic heterocycles. The number of nitrogens with one attached hydrogen (secondary N) is 2. The second-order valence-electron chi connectivity index (χ2n) is 10.3. The molecule has 0 aliphatic carbocycles. The van der Waals surface area contributed by atoms with E-state index in [4.69, 9.17) is 14.7 Å². The van der Waals surface area contributed by atoms with Gasteiger partial charge in [-0.2, -0.15) is 18.3 Å². The van der Waals surface area contributed by atoms with Crippen LogP contribution >= 0.6 is 0 Å². The summed E-state index contributed by atoms with van der Waals surface area (Å²) in [6, 6.07) is 13.0. The number of carbonyl (C=O) groups excluding carboxylic acids is 1. The molecule has 13 heteroatoms. The zero-order valence-electron chi connectivity index (χ0n) is 25.3. The number of ether oxygens (including phenoxy) is 1. The molecule has 2 N–H and O–H groups in total. The van der Waals surface area contributed by atoms with Crippen LogP contribution in [0.25, 0.3) is 22.4 Å². The maximum atomic E-state index is 13.2. The molecule has 0 saturated heterocycles. The number of nitrogens with zero attached hydrogens (tertiary/aromatic N) is 6. The molecule has 0 aliphatic rings. The lowest BCUT2D eigenvalue weighted by Gasteiger charge is -2.18. The summed E-state index contributed by atoms with van der Waals surface area (Å²) in [4.78, 5) is 29.3. The molecule has 234 valence electrons. The van der Waals surface area contributed by atoms with Crippen molar-refractivity contribution in [2.45, 2.75) is 33.5 Å². The molecule has 2 aromatic carbocycles. The molecule has 45 heavy (non-hydrogen) atoms. The van der Waals surface area contributed by atoms with Crippen molar-refractivity contribution in [3.63, 3.8) is 0 Å². The Balaban J connectivity index is 1.49. The van der Waals surface area contributed by atoms with Gasteiger partial charge in [-0.25, -0.2) is 19.6 Å². The number of anilines is 3. The van der Waals surface area contributed by atoms with Crippen LogP contribution in [0.1, 0.15) is 35.3 Å². The highest BCUT2D eigenvalue weighted by Gasteiger charge is 2.30. The molecule has 5 aromatic rings. The van der Waals surface area contributed by atoms with Crippen molar-refractivity contribution in [3.05, 3.63) is 83.7 Å². The lowest BCUT2D eigenvalue weighted by molar-refractivity contribution is -0.137. The number of aromatic nitrogens is 5. The maximum Gasteiger partial charge on any atom is 0.416 e. The van der Waals surface area contributed by atoms with E-state index in [9.17, 15) is 18.0 Å². The quantitative estimate of drug-likeness (QED) is 0.171. The first-order valence-corrected chi connectivity index (χ1v) is 14.4. The highest BCUT2D eigenvalue weighted by molar-refractivity contribution is 6.05. The summed E-state index contributed by atoms with van der Waals surface area (Å²) in [5, 5.41) is 11.2. The van der Waals surface area contributed by atoms with Crippen molar-refractivity contribution in [1.82, 2.24) is 29.6 Å². The summed E-state index contributed by atoms with van der Waals surface area (Å²) in [5.74, 6) is 0.789. The van der Waals surface area contributed by atoms with Crippen LogP contribution in [0.4, 0.5) is 30.4 Å². The Kier molecular flexibility index (Phi) is 9.28. The predicted octanol–water partition coefficient (Wildman–Crippen LogP) is 6.56. The standard InChI is InChI=1S/C32H33F3N8O2/c1-5-42(6-2)14-15-43-30-25(19-37-43)29(40-28(41-30)22-12-13-27(45-4)36-18-22)39-26-16-21(11-10-20(26)3)31(44)38-24-9-7-8-23(17-24)32(33,34)35/h7-13,16-19H,5-6,14-15H2,1-4H3,(H,38,44)(H,39,40,41). The van der Waals surface area contributed by atoms with E-state index in [1.165, 1.54) is 19.2 Å². The van der Waals surface area contributed by atoms with Gasteiger partial charge in [0.15, 0.2) is 11.5 Å². The topological polar surface area (TPSA) is 110 Å². The molecule has 0 unspecified atom stereocenters. The zero-order valence-corrected chi connectivity index (χ0v) is 25.3. The fourth-order valence-corrected chi connectivity index (χ4v) is 4.75. The molecule has 0 saturated carbocycles. The van der Waals surface area contributed by atoms with Gasteiger partial charge in [0, 0.05) is 41.3 Å². The summed E-state index contributed by atoms with van der Waals surface area (Å²) < 4.78 is 46.6. The molecule has 0 spiro atoms. The van der Waals surface area contributed by atoms with Crippen molar-refractivity contribution in [3.8, 4) is 17.3 Å². The van der Waals surface area contributed by atoms with E-state index in [0.717, 1.165) is 37.3 Å². The number of rotatable bonds is 11. The number of methoxy groups -OCH3 is 1. The molecule has 10 nitrogen and oxygen atoms in total. The zero-order chi connectivity index (χ0) is 32.1. The maximum absolute atomic E-state index is 13.2. The lowest BCUT2D eigenvalue weighted by Crippen LogP contribution is -2.27. The number of likely N-dealkylation sites (N-methyl/N-ethyl adjacent to an activating group) is 1. The molecule has 0 atom stereocenters. The molecule has 0 radical (unpaired) electrons. The number of carbonyl (C=O) groups is 1. The van der Waals surface area contributed by atoms with Crippen LogP contribution in [-0.4, -0.2) is 62.3 Å². The number of halogens is 3. The Morgan fingerprint density at radius 2 is 1.82 bits per heavy atom. The van der Waals surface area contributed by atoms with Gasteiger partial charge in [0.05, 0.1) is 30.8 Å². The van der Waals surface area contributed by atoms with Crippen molar-refractivity contribution in [2.75, 3.05) is 37.4 Å². The minimum absolute atomic E-state index is 0.0392. The third-order valence-electron chi connectivity index (χ3n) is 7.42. The molecule has 3 heterocycles. The van der Waals surface area contributed by atoms with Gasteiger partial charge in [-0.05, 0) is 62.0 Å². The van der Waals surface area contributed by atoms with E-state index < -0.39 is 17.6 Å². The summed E-state index contributed by atoms with van der Waals surface area (Å²) in [7, 11) is 1.54. The van der Waals surface area contributed by atoms with Gasteiger partial charge in [-0.15, -0.1) is 0 Å². The predicted molar refractivity (Wildman–Crippen MR) is 167 cm³/mol. The number of amides is 1. The van der Waals surface area contributed by atoms with E-state index in [1.807, 2.05) is 17.7 Å². The van der Waals surface area contributed by atoms with Gasteiger partial charge in [0.25, 0.3) is 5.91 Å². The van der Waals surface area contributed by atoms with Crippen LogP contribution in [0, 0.1) is 6.92 Å². The Labute approximate surface area is 258 Å². The van der Waals surface area contributed by atoms with Crippen LogP contribution < -0.4 is 15.4 Å². The Morgan fingerprint density at radius 1 is 1.02 bits per heavy atom. The molecule has 1 amide bonds. The first-order valence-electron chi connectivity index (χ1n) is 14.4. The minimum Gasteiger partial charge on any atom is -0.481 e. The van der Waals surface area contributed by atoms with Gasteiger partial charge < -0.3 is 20.3 Å². The normalized spacial score (nSPS) is 11.6. The van der Waals surface area contributed by atoms with Gasteiger partial charge in [0.1, 0.15) is 5.82 Å². The SMILES string of the molecule is CCN(CC)CCn1ncc2c(Nc3cc(C(=O)Nc4cccc(C(F)(F)F)c4)ccc3C)nc(-c3ccc(OC)nc3)nc21. The monoisotopic (exact) mass is 618 g/mol. The number of hydrogen-bond acceptors (Lipinski definition) is 8. The average Bonchev–Trinajstić information content (AvgIpc) is 3.45. The van der Waals surface area contributed by atoms with E-state index in [-0.39, 0.29) is 11.3 Å². The Hall–Kier alpha value is -5.04. The third kappa shape index (κ3) is 7.20. The first-order chi connectivity index (χ1) is 21.6. The number of hydrogen-bond donors (Lipinski definition) is 2. The van der Waals surface area contributed by atoms with E-state index in [0.29, 0.717) is 46.4 Å². The summed E-state index contributed by atoms with van der Waals surface area (Å²) in [6.45, 7) is 9.33.